The quantitative estimate of drug-likeness (QED) is 0.210. The minimum absolute atomic E-state index is 0.319. The number of carbonyl (C=O) groups excluding carboxylic acids is 2. The molecule has 1 aliphatic heterocycles. The van der Waals surface area contributed by atoms with Crippen LogP contribution in [0.4, 0.5) is 5.69 Å². The average Bonchev–Trinajstić information content (AvgIpc) is 3.49. The van der Waals surface area contributed by atoms with Gasteiger partial charge in [0.05, 0.1) is 22.2 Å². The number of benzene rings is 3. The number of amides is 1. The maximum absolute atomic E-state index is 13.6. The summed E-state index contributed by atoms with van der Waals surface area (Å²) in [5, 5.41) is 5.02. The van der Waals surface area contributed by atoms with Crippen molar-refractivity contribution in [2.24, 2.45) is 4.99 Å². The maximum atomic E-state index is 13.6. The first-order chi connectivity index (χ1) is 21.0. The molecule has 11 heteroatoms. The lowest BCUT2D eigenvalue weighted by atomic mass is 10.2. The van der Waals surface area contributed by atoms with Gasteiger partial charge in [0.1, 0.15) is 11.6 Å². The van der Waals surface area contributed by atoms with Crippen LogP contribution in [0.1, 0.15) is 34.6 Å². The van der Waals surface area contributed by atoms with E-state index in [1.807, 2.05) is 48.5 Å². The van der Waals surface area contributed by atoms with Crippen molar-refractivity contribution in [3.05, 3.63) is 89.7 Å². The highest BCUT2D eigenvalue weighted by Gasteiger charge is 2.52. The van der Waals surface area contributed by atoms with Crippen molar-refractivity contribution in [3.63, 3.8) is 0 Å². The molecule has 0 unspecified atom stereocenters. The van der Waals surface area contributed by atoms with E-state index in [2.05, 4.69) is 81.2 Å². The minimum atomic E-state index is -3.00. The van der Waals surface area contributed by atoms with Gasteiger partial charge >= 0.3 is 5.97 Å². The number of aliphatic imine (C=N–C) groups is 1. The summed E-state index contributed by atoms with van der Waals surface area (Å²) >= 11 is 3.59. The van der Waals surface area contributed by atoms with Crippen LogP contribution >= 0.6 is 15.9 Å². The third-order valence-corrected chi connectivity index (χ3v) is 13.6. The molecule has 0 aliphatic carbocycles. The summed E-state index contributed by atoms with van der Waals surface area (Å²) in [5.74, 6) is -0.602. The van der Waals surface area contributed by atoms with Gasteiger partial charge in [-0.3, -0.25) is 24.7 Å². The Morgan fingerprint density at radius 2 is 1.52 bits per heavy atom. The lowest BCUT2D eigenvalue weighted by molar-refractivity contribution is -0.163. The number of carbonyl (C=O) groups is 2. The van der Waals surface area contributed by atoms with Crippen molar-refractivity contribution in [1.82, 2.24) is 14.9 Å². The van der Waals surface area contributed by atoms with Crippen LogP contribution in [0.2, 0.25) is 5.04 Å². The molecule has 0 spiro atoms. The zero-order valence-electron chi connectivity index (χ0n) is 25.5. The number of ether oxygens (including phenoxy) is 1. The topological polar surface area (TPSA) is 106 Å². The number of halogens is 1. The van der Waals surface area contributed by atoms with Crippen LogP contribution in [0.5, 0.6) is 0 Å². The van der Waals surface area contributed by atoms with Gasteiger partial charge in [0.15, 0.2) is 6.10 Å². The molecule has 0 saturated heterocycles. The Balaban J connectivity index is 1.32. The van der Waals surface area contributed by atoms with Crippen LogP contribution in [-0.2, 0) is 18.8 Å². The van der Waals surface area contributed by atoms with E-state index in [0.717, 1.165) is 15.9 Å². The number of hydrogen-bond acceptors (Lipinski definition) is 8. The lowest BCUT2D eigenvalue weighted by Crippen LogP contribution is -2.68. The van der Waals surface area contributed by atoms with Crippen molar-refractivity contribution >= 4 is 69.2 Å². The third kappa shape index (κ3) is 6.17. The van der Waals surface area contributed by atoms with Gasteiger partial charge < -0.3 is 14.5 Å². The molecule has 3 aromatic carbocycles. The first-order valence-electron chi connectivity index (χ1n) is 14.5. The van der Waals surface area contributed by atoms with E-state index in [0.29, 0.717) is 34.7 Å². The van der Waals surface area contributed by atoms with E-state index in [-0.39, 0.29) is 10.9 Å². The molecule has 1 aromatic heterocycles. The van der Waals surface area contributed by atoms with E-state index < -0.39 is 26.5 Å². The summed E-state index contributed by atoms with van der Waals surface area (Å²) in [7, 11) is -3.00. The zero-order valence-corrected chi connectivity index (χ0v) is 28.0. The van der Waals surface area contributed by atoms with E-state index in [9.17, 15) is 9.59 Å². The number of esters is 1. The maximum Gasteiger partial charge on any atom is 0.334 e. The average molecular weight is 675 g/mol. The molecule has 0 radical (unpaired) electrons. The van der Waals surface area contributed by atoms with Crippen molar-refractivity contribution in [3.8, 4) is 0 Å². The number of fused-ring (bicyclic) bond motifs is 1. The fourth-order valence-electron chi connectivity index (χ4n) is 5.53. The summed E-state index contributed by atoms with van der Waals surface area (Å²) in [6.07, 6.45) is 1.28. The lowest BCUT2D eigenvalue weighted by Gasteiger charge is -2.44. The zero-order chi connectivity index (χ0) is 31.5. The highest BCUT2D eigenvalue weighted by molar-refractivity contribution is 9.10. The summed E-state index contributed by atoms with van der Waals surface area (Å²) in [5.41, 5.74) is 2.11. The Morgan fingerprint density at radius 1 is 0.909 bits per heavy atom. The van der Waals surface area contributed by atoms with Gasteiger partial charge in [-0.25, -0.2) is 4.79 Å². The summed E-state index contributed by atoms with van der Waals surface area (Å²) in [6.45, 7) is 10.5. The summed E-state index contributed by atoms with van der Waals surface area (Å²) < 4.78 is 13.3. The van der Waals surface area contributed by atoms with Gasteiger partial charge in [0.2, 0.25) is 5.96 Å². The molecule has 0 bridgehead atoms. The molecule has 228 valence electrons. The Kier molecular flexibility index (Phi) is 9.28. The Bertz CT molecular complexity index is 1640. The van der Waals surface area contributed by atoms with Crippen molar-refractivity contribution in [2.45, 2.75) is 51.9 Å². The van der Waals surface area contributed by atoms with Gasteiger partial charge in [-0.05, 0) is 57.3 Å². The molecule has 1 amide bonds. The minimum Gasteiger partial charge on any atom is -0.451 e. The molecule has 44 heavy (non-hydrogen) atoms. The molecule has 2 heterocycles. The molecular weight excluding hydrogens is 638 g/mol. The molecule has 5 rings (SSSR count). The monoisotopic (exact) mass is 673 g/mol. The summed E-state index contributed by atoms with van der Waals surface area (Å²) in [6, 6.07) is 23.9. The molecule has 1 aliphatic rings. The van der Waals surface area contributed by atoms with Crippen molar-refractivity contribution in [1.29, 1.82) is 0 Å². The molecule has 2 atom stereocenters. The van der Waals surface area contributed by atoms with E-state index >= 15 is 0 Å². The van der Waals surface area contributed by atoms with Crippen LogP contribution in [0.15, 0.2) is 94.7 Å². The predicted octanol–water partition coefficient (Wildman–Crippen LogP) is 4.90. The normalized spacial score (nSPS) is 15.0. The van der Waals surface area contributed by atoms with Crippen LogP contribution in [0.3, 0.4) is 0 Å². The first-order valence-corrected chi connectivity index (χ1v) is 17.2. The summed E-state index contributed by atoms with van der Waals surface area (Å²) in [4.78, 5) is 41.8. The Labute approximate surface area is 267 Å². The number of aromatic nitrogens is 2. The first kappa shape index (κ1) is 31.5. The Morgan fingerprint density at radius 3 is 2.14 bits per heavy atom. The van der Waals surface area contributed by atoms with Crippen LogP contribution in [0.25, 0.3) is 11.0 Å². The third-order valence-electron chi connectivity index (χ3n) is 7.68. The van der Waals surface area contributed by atoms with E-state index in [1.165, 1.54) is 4.90 Å². The van der Waals surface area contributed by atoms with Gasteiger partial charge in [0.25, 0.3) is 14.2 Å². The molecule has 4 aromatic rings. The van der Waals surface area contributed by atoms with Crippen LogP contribution < -0.4 is 15.7 Å². The molecule has 0 fully saturated rings. The highest BCUT2D eigenvalue weighted by Crippen LogP contribution is 2.37. The van der Waals surface area contributed by atoms with Crippen LogP contribution in [0, 0.1) is 0 Å². The highest BCUT2D eigenvalue weighted by atomic mass is 79.9. The SMILES string of the molecule is C[C@H](O[Si](c1ccccc1)(c1ccccc1)C(C)(C)C)C(=O)O[C@@H](C)C(=O)N1CCN=C1Nc1ccc2nccnc2c1Br. The van der Waals surface area contributed by atoms with Gasteiger partial charge in [-0.15, -0.1) is 0 Å². The predicted molar refractivity (Wildman–Crippen MR) is 179 cm³/mol. The number of guanidine groups is 1. The smallest absolute Gasteiger partial charge is 0.334 e. The van der Waals surface area contributed by atoms with Crippen molar-refractivity contribution in [2.75, 3.05) is 18.4 Å². The van der Waals surface area contributed by atoms with E-state index in [1.54, 1.807) is 26.2 Å². The fraction of sp³-hybridized carbons (Fsp3) is 0.303. The largest absolute Gasteiger partial charge is 0.451 e. The number of anilines is 1. The van der Waals surface area contributed by atoms with Gasteiger partial charge in [-0.1, -0.05) is 81.4 Å². The van der Waals surface area contributed by atoms with Crippen molar-refractivity contribution < 1.29 is 18.8 Å². The fourth-order valence-corrected chi connectivity index (χ4v) is 10.7. The number of nitrogens with zero attached hydrogens (tertiary/aromatic N) is 4. The molecule has 0 saturated carbocycles. The molecule has 1 N–H and O–H groups in total. The number of rotatable bonds is 8. The standard InChI is InChI=1S/C33H36BrN5O4Si/c1-22(30(40)39-21-20-37-32(39)38-26-16-17-27-29(28(26)34)36-19-18-35-27)42-31(41)23(2)43-44(33(3,4)5,24-12-8-6-9-13-24)25-14-10-7-11-15-25/h6-19,22-23H,20-21H2,1-5H3,(H,37,38)/t22-,23-/m0/s1. The second kappa shape index (κ2) is 13.0. The van der Waals surface area contributed by atoms with Gasteiger partial charge in [-0.2, -0.15) is 0 Å². The number of hydrogen-bond donors (Lipinski definition) is 1. The molecular formula is C33H36BrN5O4Si. The Hall–Kier alpha value is -3.93. The van der Waals surface area contributed by atoms with E-state index in [4.69, 9.17) is 9.16 Å². The van der Waals surface area contributed by atoms with Crippen LogP contribution in [-0.4, -0.2) is 66.3 Å². The molecule has 9 nitrogen and oxygen atoms in total. The second-order valence-electron chi connectivity index (χ2n) is 11.7. The number of nitrogens with one attached hydrogen (secondary N) is 1. The second-order valence-corrected chi connectivity index (χ2v) is 16.7. The van der Waals surface area contributed by atoms with Gasteiger partial charge in [0, 0.05) is 18.9 Å².